The van der Waals surface area contributed by atoms with E-state index in [-0.39, 0.29) is 5.91 Å². The zero-order valence-corrected chi connectivity index (χ0v) is 14.8. The lowest BCUT2D eigenvalue weighted by molar-refractivity contribution is -0.118. The lowest BCUT2D eigenvalue weighted by atomic mass is 10.1. The second-order valence-corrected chi connectivity index (χ2v) is 6.52. The fourth-order valence-corrected chi connectivity index (χ4v) is 2.83. The van der Waals surface area contributed by atoms with Gasteiger partial charge >= 0.3 is 0 Å². The van der Waals surface area contributed by atoms with Gasteiger partial charge in [0.05, 0.1) is 13.0 Å². The molecule has 0 heterocycles. The summed E-state index contributed by atoms with van der Waals surface area (Å²) in [6.07, 6.45) is 0.384. The number of amides is 1. The average molecular weight is 380 g/mol. The van der Waals surface area contributed by atoms with Gasteiger partial charge in [0.25, 0.3) is 0 Å². The molecule has 3 aromatic rings. The maximum absolute atomic E-state index is 12.9. The topological polar surface area (TPSA) is 20.3 Å². The van der Waals surface area contributed by atoms with Crippen LogP contribution in [0.4, 0.5) is 5.69 Å². The first-order chi connectivity index (χ1) is 11.7. The Morgan fingerprint density at radius 1 is 0.750 bits per heavy atom. The van der Waals surface area contributed by atoms with Crippen molar-refractivity contribution >= 4 is 27.5 Å². The highest BCUT2D eigenvalue weighted by atomic mass is 79.9. The van der Waals surface area contributed by atoms with E-state index in [0.29, 0.717) is 13.0 Å². The zero-order valence-electron chi connectivity index (χ0n) is 13.2. The lowest BCUT2D eigenvalue weighted by Gasteiger charge is -2.23. The molecule has 120 valence electrons. The van der Waals surface area contributed by atoms with Gasteiger partial charge in [-0.3, -0.25) is 4.79 Å². The van der Waals surface area contributed by atoms with Gasteiger partial charge in [-0.2, -0.15) is 0 Å². The number of carbonyl (C=O) groups is 1. The summed E-state index contributed by atoms with van der Waals surface area (Å²) in [6, 6.07) is 27.8. The Balaban J connectivity index is 1.83. The smallest absolute Gasteiger partial charge is 0.231 e. The molecule has 0 aliphatic carbocycles. The van der Waals surface area contributed by atoms with E-state index in [9.17, 15) is 4.79 Å². The van der Waals surface area contributed by atoms with Gasteiger partial charge in [-0.15, -0.1) is 0 Å². The minimum Gasteiger partial charge on any atom is -0.308 e. The van der Waals surface area contributed by atoms with Crippen molar-refractivity contribution < 1.29 is 4.79 Å². The monoisotopic (exact) mass is 379 g/mol. The molecule has 1 amide bonds. The van der Waals surface area contributed by atoms with Crippen molar-refractivity contribution in [3.63, 3.8) is 0 Å². The van der Waals surface area contributed by atoms with E-state index in [2.05, 4.69) is 15.9 Å². The Morgan fingerprint density at radius 2 is 1.33 bits per heavy atom. The van der Waals surface area contributed by atoms with Crippen LogP contribution in [0.5, 0.6) is 0 Å². The van der Waals surface area contributed by atoms with Crippen molar-refractivity contribution in [1.29, 1.82) is 0 Å². The van der Waals surface area contributed by atoms with Crippen LogP contribution in [0.15, 0.2) is 89.4 Å². The number of carbonyl (C=O) groups excluding carboxylic acids is 1. The summed E-state index contributed by atoms with van der Waals surface area (Å²) >= 11 is 3.43. The largest absolute Gasteiger partial charge is 0.308 e. The van der Waals surface area contributed by atoms with E-state index < -0.39 is 0 Å². The highest BCUT2D eigenvalue weighted by Crippen LogP contribution is 2.19. The standard InChI is InChI=1S/C21H18BrNO/c22-19-13-11-17(12-14-19)15-21(24)23(20-9-5-2-6-10-20)16-18-7-3-1-4-8-18/h1-14H,15-16H2. The molecular formula is C21H18BrNO. The van der Waals surface area contributed by atoms with Gasteiger partial charge in [0.2, 0.25) is 5.91 Å². The van der Waals surface area contributed by atoms with Crippen LogP contribution in [0.25, 0.3) is 0 Å². The summed E-state index contributed by atoms with van der Waals surface area (Å²) < 4.78 is 1.02. The number of halogens is 1. The molecule has 24 heavy (non-hydrogen) atoms. The van der Waals surface area contributed by atoms with Gasteiger partial charge in [-0.1, -0.05) is 76.6 Å². The molecule has 0 spiro atoms. The second-order valence-electron chi connectivity index (χ2n) is 5.60. The van der Waals surface area contributed by atoms with Gasteiger partial charge < -0.3 is 4.90 Å². The number of hydrogen-bond donors (Lipinski definition) is 0. The van der Waals surface area contributed by atoms with Gasteiger partial charge in [-0.25, -0.2) is 0 Å². The first kappa shape index (κ1) is 16.5. The maximum Gasteiger partial charge on any atom is 0.231 e. The van der Waals surface area contributed by atoms with Crippen molar-refractivity contribution in [2.45, 2.75) is 13.0 Å². The predicted molar refractivity (Wildman–Crippen MR) is 102 cm³/mol. The van der Waals surface area contributed by atoms with Crippen LogP contribution >= 0.6 is 15.9 Å². The van der Waals surface area contributed by atoms with E-state index in [1.807, 2.05) is 89.8 Å². The molecule has 0 aliphatic rings. The summed E-state index contributed by atoms with van der Waals surface area (Å²) in [5, 5.41) is 0. The molecule has 0 radical (unpaired) electrons. The van der Waals surface area contributed by atoms with Crippen molar-refractivity contribution in [3.05, 3.63) is 101 Å². The normalized spacial score (nSPS) is 10.4. The molecule has 0 saturated carbocycles. The third kappa shape index (κ3) is 4.33. The average Bonchev–Trinajstić information content (AvgIpc) is 2.63. The molecular weight excluding hydrogens is 362 g/mol. The van der Waals surface area contributed by atoms with Gasteiger partial charge in [0, 0.05) is 10.2 Å². The number of nitrogens with zero attached hydrogens (tertiary/aromatic N) is 1. The Labute approximate surface area is 150 Å². The van der Waals surface area contributed by atoms with Crippen molar-refractivity contribution in [3.8, 4) is 0 Å². The summed E-state index contributed by atoms with van der Waals surface area (Å²) in [4.78, 5) is 14.8. The number of anilines is 1. The highest BCUT2D eigenvalue weighted by molar-refractivity contribution is 9.10. The minimum absolute atomic E-state index is 0.0902. The molecule has 3 heteroatoms. The molecule has 0 atom stereocenters. The van der Waals surface area contributed by atoms with Crippen molar-refractivity contribution in [2.75, 3.05) is 4.90 Å². The highest BCUT2D eigenvalue weighted by Gasteiger charge is 2.16. The van der Waals surface area contributed by atoms with Crippen molar-refractivity contribution in [1.82, 2.24) is 0 Å². The van der Waals surface area contributed by atoms with Gasteiger partial charge in [-0.05, 0) is 35.4 Å². The number of hydrogen-bond acceptors (Lipinski definition) is 1. The molecule has 0 unspecified atom stereocenters. The predicted octanol–water partition coefficient (Wildman–Crippen LogP) is 5.23. The summed E-state index contributed by atoms with van der Waals surface area (Å²) in [7, 11) is 0. The Morgan fingerprint density at radius 3 is 1.96 bits per heavy atom. The first-order valence-corrected chi connectivity index (χ1v) is 8.65. The molecule has 2 nitrogen and oxygen atoms in total. The number of benzene rings is 3. The van der Waals surface area contributed by atoms with E-state index >= 15 is 0 Å². The molecule has 3 aromatic carbocycles. The van der Waals surface area contributed by atoms with E-state index in [1.54, 1.807) is 0 Å². The molecule has 3 rings (SSSR count). The maximum atomic E-state index is 12.9. The Hall–Kier alpha value is -2.39. The van der Waals surface area contributed by atoms with Crippen LogP contribution < -0.4 is 4.90 Å². The fourth-order valence-electron chi connectivity index (χ4n) is 2.57. The molecule has 0 saturated heterocycles. The Bertz CT molecular complexity index is 785. The minimum atomic E-state index is 0.0902. The molecule has 0 aliphatic heterocycles. The van der Waals surface area contributed by atoms with Crippen LogP contribution in [-0.2, 0) is 17.8 Å². The lowest BCUT2D eigenvalue weighted by Crippen LogP contribution is -2.31. The third-order valence-corrected chi connectivity index (χ3v) is 4.35. The first-order valence-electron chi connectivity index (χ1n) is 7.86. The quantitative estimate of drug-likeness (QED) is 0.594. The molecule has 0 aromatic heterocycles. The van der Waals surface area contributed by atoms with E-state index in [0.717, 1.165) is 21.3 Å². The zero-order chi connectivity index (χ0) is 16.8. The second kappa shape index (κ2) is 7.93. The van der Waals surface area contributed by atoms with Crippen LogP contribution in [-0.4, -0.2) is 5.91 Å². The van der Waals surface area contributed by atoms with E-state index in [4.69, 9.17) is 0 Å². The third-order valence-electron chi connectivity index (χ3n) is 3.82. The van der Waals surface area contributed by atoms with Crippen LogP contribution in [0.1, 0.15) is 11.1 Å². The van der Waals surface area contributed by atoms with Gasteiger partial charge in [0.1, 0.15) is 0 Å². The van der Waals surface area contributed by atoms with Crippen LogP contribution in [0.2, 0.25) is 0 Å². The van der Waals surface area contributed by atoms with Crippen molar-refractivity contribution in [2.24, 2.45) is 0 Å². The number of para-hydroxylation sites is 1. The number of rotatable bonds is 5. The van der Waals surface area contributed by atoms with Crippen LogP contribution in [0.3, 0.4) is 0 Å². The Kier molecular flexibility index (Phi) is 5.44. The summed E-state index contributed by atoms with van der Waals surface area (Å²) in [6.45, 7) is 0.570. The van der Waals surface area contributed by atoms with Crippen LogP contribution in [0, 0.1) is 0 Å². The fraction of sp³-hybridized carbons (Fsp3) is 0.0952. The summed E-state index contributed by atoms with van der Waals surface area (Å²) in [5.41, 5.74) is 3.05. The van der Waals surface area contributed by atoms with E-state index in [1.165, 1.54) is 0 Å². The molecule has 0 bridgehead atoms. The molecule has 0 fully saturated rings. The summed E-state index contributed by atoms with van der Waals surface area (Å²) in [5.74, 6) is 0.0902. The molecule has 0 N–H and O–H groups in total. The SMILES string of the molecule is O=C(Cc1ccc(Br)cc1)N(Cc1ccccc1)c1ccccc1. The van der Waals surface area contributed by atoms with Gasteiger partial charge in [0.15, 0.2) is 0 Å².